The number of thiophene rings is 2. The number of ether oxygens (including phenoxy) is 1. The minimum atomic E-state index is -0.532. The van der Waals surface area contributed by atoms with Crippen LogP contribution in [0.3, 0.4) is 0 Å². The van der Waals surface area contributed by atoms with Gasteiger partial charge in [0.05, 0.1) is 7.11 Å². The first kappa shape index (κ1) is 17.4. The Morgan fingerprint density at radius 2 is 2.12 bits per heavy atom. The summed E-state index contributed by atoms with van der Waals surface area (Å²) in [5, 5.41) is 6.04. The molecule has 0 aromatic carbocycles. The van der Waals surface area contributed by atoms with E-state index in [2.05, 4.69) is 6.07 Å². The van der Waals surface area contributed by atoms with E-state index in [9.17, 15) is 9.59 Å². The summed E-state index contributed by atoms with van der Waals surface area (Å²) in [4.78, 5) is 31.5. The summed E-state index contributed by atoms with van der Waals surface area (Å²) in [5.74, 6) is -0.877. The van der Waals surface area contributed by atoms with E-state index in [0.717, 1.165) is 23.4 Å². The quantitative estimate of drug-likeness (QED) is 0.728. The molecule has 0 bridgehead atoms. The Morgan fingerprint density at radius 3 is 2.77 bits per heavy atom. The van der Waals surface area contributed by atoms with Crippen LogP contribution in [0.4, 0.5) is 0 Å². The molecule has 2 aliphatic rings. The van der Waals surface area contributed by atoms with Crippen LogP contribution in [-0.4, -0.2) is 24.6 Å². The fraction of sp³-hybridized carbons (Fsp3) is 0.350. The fourth-order valence-electron chi connectivity index (χ4n) is 4.03. The number of Topliss-reactive ketones (excluding diaryl/α,β-unsaturated/α-hetero) is 1. The molecule has 2 aromatic rings. The SMILES string of the molecule is COC(=O)C1C(C)=NC2=C(C(=O)C[C@@H](c3cccs3)C2)[C@@H]1c1ccsc1. The van der Waals surface area contributed by atoms with Gasteiger partial charge in [-0.2, -0.15) is 11.3 Å². The molecule has 2 aromatic heterocycles. The summed E-state index contributed by atoms with van der Waals surface area (Å²) < 4.78 is 5.03. The molecule has 134 valence electrons. The second-order valence-electron chi connectivity index (χ2n) is 6.69. The second kappa shape index (κ2) is 6.93. The predicted molar refractivity (Wildman–Crippen MR) is 104 cm³/mol. The lowest BCUT2D eigenvalue weighted by atomic mass is 9.70. The van der Waals surface area contributed by atoms with E-state index in [1.807, 2.05) is 35.2 Å². The summed E-state index contributed by atoms with van der Waals surface area (Å²) in [6.07, 6.45) is 1.22. The van der Waals surface area contributed by atoms with Crippen molar-refractivity contribution in [3.63, 3.8) is 0 Å². The van der Waals surface area contributed by atoms with E-state index in [-0.39, 0.29) is 23.6 Å². The molecule has 0 saturated heterocycles. The highest BCUT2D eigenvalue weighted by atomic mass is 32.1. The minimum absolute atomic E-state index is 0.103. The van der Waals surface area contributed by atoms with Crippen LogP contribution >= 0.6 is 22.7 Å². The Bertz CT molecular complexity index is 894. The van der Waals surface area contributed by atoms with Crippen molar-refractivity contribution in [3.8, 4) is 0 Å². The number of carbonyl (C=O) groups is 2. The van der Waals surface area contributed by atoms with Crippen molar-refractivity contribution in [1.29, 1.82) is 0 Å². The third-order valence-corrected chi connectivity index (χ3v) is 6.93. The van der Waals surface area contributed by atoms with Crippen molar-refractivity contribution in [3.05, 3.63) is 56.1 Å². The number of ketones is 1. The number of carbonyl (C=O) groups excluding carboxylic acids is 2. The molecule has 0 amide bonds. The number of rotatable bonds is 3. The van der Waals surface area contributed by atoms with Crippen LogP contribution in [0.5, 0.6) is 0 Å². The summed E-state index contributed by atoms with van der Waals surface area (Å²) in [7, 11) is 1.39. The first-order valence-electron chi connectivity index (χ1n) is 8.55. The van der Waals surface area contributed by atoms with Gasteiger partial charge in [-0.25, -0.2) is 0 Å². The standard InChI is InChI=1S/C20H19NO3S2/c1-11-17(20(23)24-2)18(12-5-7-25-10-12)19-14(21-11)8-13(9-15(19)22)16-4-3-6-26-16/h3-7,10,13,17-18H,8-9H2,1-2H3/t13-,17?,18+/m0/s1. The molecule has 0 radical (unpaired) electrons. The number of hydrogen-bond donors (Lipinski definition) is 0. The third kappa shape index (κ3) is 2.87. The molecule has 0 fully saturated rings. The molecule has 0 spiro atoms. The van der Waals surface area contributed by atoms with Crippen LogP contribution < -0.4 is 0 Å². The maximum atomic E-state index is 13.1. The Labute approximate surface area is 160 Å². The number of allylic oxidation sites excluding steroid dienone is 2. The summed E-state index contributed by atoms with van der Waals surface area (Å²) in [6.45, 7) is 1.87. The molecule has 1 unspecified atom stereocenters. The molecule has 3 heterocycles. The van der Waals surface area contributed by atoms with Crippen molar-refractivity contribution in [2.75, 3.05) is 7.11 Å². The maximum absolute atomic E-state index is 13.1. The Morgan fingerprint density at radius 1 is 1.27 bits per heavy atom. The molecule has 0 N–H and O–H groups in total. The number of hydrogen-bond acceptors (Lipinski definition) is 6. The predicted octanol–water partition coefficient (Wildman–Crippen LogP) is 4.56. The van der Waals surface area contributed by atoms with Crippen molar-refractivity contribution in [1.82, 2.24) is 0 Å². The lowest BCUT2D eigenvalue weighted by molar-refractivity contribution is -0.143. The topological polar surface area (TPSA) is 55.7 Å². The van der Waals surface area contributed by atoms with Gasteiger partial charge in [0.1, 0.15) is 5.92 Å². The maximum Gasteiger partial charge on any atom is 0.315 e. The number of aliphatic imine (C=N–C) groups is 1. The molecule has 4 nitrogen and oxygen atoms in total. The van der Waals surface area contributed by atoms with E-state index < -0.39 is 5.92 Å². The Balaban J connectivity index is 1.80. The summed E-state index contributed by atoms with van der Waals surface area (Å²) in [6, 6.07) is 6.10. The molecule has 0 saturated carbocycles. The Hall–Kier alpha value is -2.05. The highest BCUT2D eigenvalue weighted by Crippen LogP contribution is 2.47. The van der Waals surface area contributed by atoms with E-state index in [0.29, 0.717) is 12.0 Å². The number of esters is 1. The highest BCUT2D eigenvalue weighted by Gasteiger charge is 2.44. The number of methoxy groups -OCH3 is 1. The van der Waals surface area contributed by atoms with Gasteiger partial charge in [0.15, 0.2) is 5.78 Å². The lowest BCUT2D eigenvalue weighted by Crippen LogP contribution is -2.37. The molecule has 1 aliphatic heterocycles. The van der Waals surface area contributed by atoms with Gasteiger partial charge in [0.2, 0.25) is 0 Å². The fourth-order valence-corrected chi connectivity index (χ4v) is 5.56. The molecule has 26 heavy (non-hydrogen) atoms. The molecule has 4 rings (SSSR count). The zero-order chi connectivity index (χ0) is 18.3. The smallest absolute Gasteiger partial charge is 0.315 e. The van der Waals surface area contributed by atoms with Crippen molar-refractivity contribution in [2.45, 2.75) is 31.6 Å². The van der Waals surface area contributed by atoms with Crippen LogP contribution in [0.2, 0.25) is 0 Å². The zero-order valence-electron chi connectivity index (χ0n) is 14.6. The van der Waals surface area contributed by atoms with Crippen LogP contribution in [0.15, 0.2) is 50.6 Å². The molecule has 3 atom stereocenters. The first-order chi connectivity index (χ1) is 12.6. The normalized spacial score (nSPS) is 25.7. The minimum Gasteiger partial charge on any atom is -0.468 e. The Kier molecular flexibility index (Phi) is 4.63. The average molecular weight is 386 g/mol. The molecule has 6 heteroatoms. The van der Waals surface area contributed by atoms with Crippen molar-refractivity contribution < 1.29 is 14.3 Å². The van der Waals surface area contributed by atoms with Gasteiger partial charge >= 0.3 is 5.97 Å². The van der Waals surface area contributed by atoms with Gasteiger partial charge in [-0.15, -0.1) is 11.3 Å². The highest BCUT2D eigenvalue weighted by molar-refractivity contribution is 7.10. The van der Waals surface area contributed by atoms with Crippen LogP contribution in [0.1, 0.15) is 42.0 Å². The van der Waals surface area contributed by atoms with Gasteiger partial charge in [-0.1, -0.05) is 6.07 Å². The summed E-state index contributed by atoms with van der Waals surface area (Å²) in [5.41, 5.74) is 3.27. The van der Waals surface area contributed by atoms with E-state index in [1.165, 1.54) is 12.0 Å². The number of nitrogens with zero attached hydrogens (tertiary/aromatic N) is 1. The van der Waals surface area contributed by atoms with Gasteiger partial charge < -0.3 is 4.74 Å². The van der Waals surface area contributed by atoms with Crippen LogP contribution in [0.25, 0.3) is 0 Å². The van der Waals surface area contributed by atoms with Crippen molar-refractivity contribution in [2.24, 2.45) is 10.9 Å². The molecular weight excluding hydrogens is 366 g/mol. The van der Waals surface area contributed by atoms with Gasteiger partial charge in [-0.3, -0.25) is 14.6 Å². The van der Waals surface area contributed by atoms with Crippen LogP contribution in [0, 0.1) is 5.92 Å². The van der Waals surface area contributed by atoms with Gasteiger partial charge in [0.25, 0.3) is 0 Å². The summed E-state index contributed by atoms with van der Waals surface area (Å²) >= 11 is 3.25. The lowest BCUT2D eigenvalue weighted by Gasteiger charge is -2.35. The van der Waals surface area contributed by atoms with Crippen LogP contribution in [-0.2, 0) is 14.3 Å². The van der Waals surface area contributed by atoms with E-state index >= 15 is 0 Å². The second-order valence-corrected chi connectivity index (χ2v) is 8.45. The largest absolute Gasteiger partial charge is 0.468 e. The van der Waals surface area contributed by atoms with Gasteiger partial charge in [-0.05, 0) is 47.2 Å². The molecule has 1 aliphatic carbocycles. The monoisotopic (exact) mass is 385 g/mol. The van der Waals surface area contributed by atoms with E-state index in [4.69, 9.17) is 9.73 Å². The zero-order valence-corrected chi connectivity index (χ0v) is 16.2. The van der Waals surface area contributed by atoms with Crippen molar-refractivity contribution >= 4 is 40.1 Å². The average Bonchev–Trinajstić information content (AvgIpc) is 3.33. The molecular formula is C20H19NO3S2. The third-order valence-electron chi connectivity index (χ3n) is 5.19. The van der Waals surface area contributed by atoms with E-state index in [1.54, 1.807) is 22.7 Å². The first-order valence-corrected chi connectivity index (χ1v) is 10.4. The van der Waals surface area contributed by atoms with Gasteiger partial charge in [0, 0.05) is 40.1 Å².